The summed E-state index contributed by atoms with van der Waals surface area (Å²) in [6.07, 6.45) is 30.2. The molecule has 0 fully saturated rings. The SMILES string of the molecule is CCCCCCCCC1(CCCCCCCC)c2cc(-c3ccc(OC(C)C)cc3)ccc2-c2ccc(-c3ccc(-c4ccc5c(c4)C(CCCCCC)(CCCCCC)c4cc(-c6ccc(C)c7nsnc67)ccc4-5)c4nsnc34)cc21. The molecule has 0 amide bonds. The van der Waals surface area contributed by atoms with Crippen LogP contribution in [-0.2, 0) is 10.8 Å². The summed E-state index contributed by atoms with van der Waals surface area (Å²) >= 11 is 2.68. The molecular weight excluding hydrogens is 1050 g/mol. The smallest absolute Gasteiger partial charge is 0.119 e. The van der Waals surface area contributed by atoms with Gasteiger partial charge in [0.15, 0.2) is 0 Å². The van der Waals surface area contributed by atoms with Crippen molar-refractivity contribution in [3.8, 4) is 72.5 Å². The molecule has 2 aromatic heterocycles. The molecule has 9 aromatic rings. The van der Waals surface area contributed by atoms with Crippen LogP contribution in [0.4, 0.5) is 0 Å². The molecule has 5 nitrogen and oxygen atoms in total. The Labute approximate surface area is 505 Å². The largest absolute Gasteiger partial charge is 0.491 e. The van der Waals surface area contributed by atoms with Crippen molar-refractivity contribution in [2.24, 2.45) is 0 Å². The molecule has 0 spiro atoms. The highest BCUT2D eigenvalue weighted by molar-refractivity contribution is 7.00. The van der Waals surface area contributed by atoms with Gasteiger partial charge in [-0.25, -0.2) is 0 Å². The molecule has 0 radical (unpaired) electrons. The summed E-state index contributed by atoms with van der Waals surface area (Å²) in [6.45, 7) is 15.7. The quantitative estimate of drug-likeness (QED) is 0.0420. The summed E-state index contributed by atoms with van der Waals surface area (Å²) < 4.78 is 26.1. The van der Waals surface area contributed by atoms with Crippen LogP contribution in [0.15, 0.2) is 121 Å². The molecule has 11 rings (SSSR count). The van der Waals surface area contributed by atoms with E-state index < -0.39 is 0 Å². The summed E-state index contributed by atoms with van der Waals surface area (Å²) in [6, 6.07) is 47.6. The minimum Gasteiger partial charge on any atom is -0.491 e. The average molecular weight is 1140 g/mol. The zero-order valence-electron chi connectivity index (χ0n) is 51.1. The predicted octanol–water partition coefficient (Wildman–Crippen LogP) is 23.4. The van der Waals surface area contributed by atoms with E-state index in [2.05, 4.69) is 170 Å². The van der Waals surface area contributed by atoms with Crippen molar-refractivity contribution in [3.05, 3.63) is 149 Å². The average Bonchev–Trinajstić information content (AvgIpc) is 2.49. The molecule has 7 heteroatoms. The number of aromatic nitrogens is 4. The van der Waals surface area contributed by atoms with Crippen LogP contribution >= 0.6 is 23.5 Å². The van der Waals surface area contributed by atoms with Gasteiger partial charge in [0.2, 0.25) is 0 Å². The number of rotatable bonds is 30. The van der Waals surface area contributed by atoms with Gasteiger partial charge in [0.25, 0.3) is 0 Å². The van der Waals surface area contributed by atoms with E-state index in [0.717, 1.165) is 53.5 Å². The number of ether oxygens (including phenoxy) is 1. The van der Waals surface area contributed by atoms with Crippen LogP contribution in [0.3, 0.4) is 0 Å². The van der Waals surface area contributed by atoms with Gasteiger partial charge in [-0.2, -0.15) is 17.5 Å². The third kappa shape index (κ3) is 12.0. The second-order valence-electron chi connectivity index (χ2n) is 25.1. The molecule has 0 saturated heterocycles. The molecule has 2 aliphatic carbocycles. The first-order valence-electron chi connectivity index (χ1n) is 32.6. The number of unbranched alkanes of at least 4 members (excludes halogenated alkanes) is 16. The van der Waals surface area contributed by atoms with Crippen LogP contribution in [0.1, 0.15) is 223 Å². The monoisotopic (exact) mass is 1140 g/mol. The fraction of sp³-hybridized carbons (Fsp3) is 0.447. The third-order valence-electron chi connectivity index (χ3n) is 19.1. The molecule has 0 saturated carbocycles. The fourth-order valence-corrected chi connectivity index (χ4v) is 15.9. The van der Waals surface area contributed by atoms with Crippen LogP contribution in [0.5, 0.6) is 5.75 Å². The van der Waals surface area contributed by atoms with Crippen molar-refractivity contribution < 1.29 is 4.74 Å². The molecule has 0 bridgehead atoms. The van der Waals surface area contributed by atoms with Gasteiger partial charge in [0, 0.05) is 27.5 Å². The first kappa shape index (κ1) is 58.7. The topological polar surface area (TPSA) is 60.8 Å². The van der Waals surface area contributed by atoms with Crippen LogP contribution in [0.2, 0.25) is 0 Å². The second-order valence-corrected chi connectivity index (χ2v) is 26.1. The maximum Gasteiger partial charge on any atom is 0.119 e. The van der Waals surface area contributed by atoms with Gasteiger partial charge in [-0.3, -0.25) is 0 Å². The molecule has 2 aliphatic rings. The zero-order valence-corrected chi connectivity index (χ0v) is 52.7. The maximum absolute atomic E-state index is 6.10. The van der Waals surface area contributed by atoms with Gasteiger partial charge < -0.3 is 4.74 Å². The zero-order chi connectivity index (χ0) is 57.3. The lowest BCUT2D eigenvalue weighted by molar-refractivity contribution is 0.242. The summed E-state index contributed by atoms with van der Waals surface area (Å²) in [7, 11) is 0. The van der Waals surface area contributed by atoms with E-state index in [1.54, 1.807) is 0 Å². The van der Waals surface area contributed by atoms with Crippen molar-refractivity contribution >= 4 is 45.5 Å². The van der Waals surface area contributed by atoms with E-state index in [9.17, 15) is 0 Å². The van der Waals surface area contributed by atoms with E-state index >= 15 is 0 Å². The number of fused-ring (bicyclic) bond motifs is 8. The van der Waals surface area contributed by atoms with Gasteiger partial charge in [0.1, 0.15) is 27.8 Å². The number of nitrogens with zero attached hydrogens (tertiary/aromatic N) is 4. The van der Waals surface area contributed by atoms with Gasteiger partial charge >= 0.3 is 0 Å². The Morgan fingerprint density at radius 2 is 0.639 bits per heavy atom. The lowest BCUT2D eigenvalue weighted by atomic mass is 9.69. The molecule has 83 heavy (non-hydrogen) atoms. The van der Waals surface area contributed by atoms with E-state index in [0.29, 0.717) is 0 Å². The summed E-state index contributed by atoms with van der Waals surface area (Å²) in [5.41, 5.74) is 26.4. The van der Waals surface area contributed by atoms with Crippen molar-refractivity contribution in [1.82, 2.24) is 17.5 Å². The third-order valence-corrected chi connectivity index (χ3v) is 20.1. The standard InChI is InChI=1S/C76H90N4OS2/c1-8-12-16-20-22-26-46-75(47-27-23-21-17-13-9-2)67-48-55(54-29-35-59(36-30-54)81-52(5)6)31-38-63(67)64-40-33-57(50-68(64)75)61-42-43-62(74-73(61)79-83-80-74)58-34-41-66-65-39-32-56(60-37-28-53(7)71-72(60)78-82-77-71)49-69(65)76(70(66)51-58,44-24-18-14-10-3)45-25-19-15-11-4/h28-43,48-52H,8-27,44-47H2,1-7H3. The minimum absolute atomic E-state index is 0.0843. The van der Waals surface area contributed by atoms with Crippen molar-refractivity contribution in [2.45, 2.75) is 219 Å². The molecule has 0 N–H and O–H groups in total. The van der Waals surface area contributed by atoms with Crippen molar-refractivity contribution in [1.29, 1.82) is 0 Å². The predicted molar refractivity (Wildman–Crippen MR) is 357 cm³/mol. The Morgan fingerprint density at radius 1 is 0.337 bits per heavy atom. The second kappa shape index (κ2) is 26.9. The highest BCUT2D eigenvalue weighted by Gasteiger charge is 2.44. The summed E-state index contributed by atoms with van der Waals surface area (Å²) in [5.74, 6) is 0.925. The van der Waals surface area contributed by atoms with Gasteiger partial charge in [-0.05, 0) is 161 Å². The van der Waals surface area contributed by atoms with Gasteiger partial charge in [-0.15, -0.1) is 0 Å². The molecular formula is C76H90N4OS2. The highest BCUT2D eigenvalue weighted by atomic mass is 32.1. The molecule has 0 atom stereocenters. The van der Waals surface area contributed by atoms with Gasteiger partial charge in [0.05, 0.1) is 29.6 Å². The molecule has 0 aliphatic heterocycles. The number of benzene rings is 7. The van der Waals surface area contributed by atoms with E-state index in [-0.39, 0.29) is 16.9 Å². The Hall–Kier alpha value is -6.02. The first-order chi connectivity index (χ1) is 40.7. The van der Waals surface area contributed by atoms with Crippen LogP contribution in [-0.4, -0.2) is 23.6 Å². The number of aryl methyl sites for hydroxylation is 1. The van der Waals surface area contributed by atoms with Crippen LogP contribution < -0.4 is 4.74 Å². The van der Waals surface area contributed by atoms with E-state index in [4.69, 9.17) is 22.2 Å². The number of hydrogen-bond acceptors (Lipinski definition) is 7. The van der Waals surface area contributed by atoms with Crippen molar-refractivity contribution in [2.75, 3.05) is 0 Å². The van der Waals surface area contributed by atoms with Crippen LogP contribution in [0.25, 0.3) is 88.8 Å². The lowest BCUT2D eigenvalue weighted by Crippen LogP contribution is -2.25. The maximum atomic E-state index is 6.10. The van der Waals surface area contributed by atoms with E-state index in [1.165, 1.54) is 246 Å². The first-order valence-corrected chi connectivity index (χ1v) is 34.0. The summed E-state index contributed by atoms with van der Waals surface area (Å²) in [4.78, 5) is 0. The molecule has 2 heterocycles. The molecule has 7 aromatic carbocycles. The number of hydrogen-bond donors (Lipinski definition) is 0. The highest BCUT2D eigenvalue weighted by Crippen LogP contribution is 2.58. The Balaban J connectivity index is 0.993. The normalized spacial score (nSPS) is 13.7. The Kier molecular flexibility index (Phi) is 19.0. The Morgan fingerprint density at radius 3 is 1.04 bits per heavy atom. The molecule has 432 valence electrons. The molecule has 0 unspecified atom stereocenters. The fourth-order valence-electron chi connectivity index (χ4n) is 14.7. The minimum atomic E-state index is -0.102. The Bertz CT molecular complexity index is 3610. The van der Waals surface area contributed by atoms with Gasteiger partial charge in [-0.1, -0.05) is 241 Å². The lowest BCUT2D eigenvalue weighted by Gasteiger charge is -2.33. The summed E-state index contributed by atoms with van der Waals surface area (Å²) in [5, 5.41) is 0. The van der Waals surface area contributed by atoms with E-state index in [1.807, 2.05) is 0 Å². The van der Waals surface area contributed by atoms with Crippen molar-refractivity contribution in [3.63, 3.8) is 0 Å². The van der Waals surface area contributed by atoms with Crippen LogP contribution in [0, 0.1) is 6.92 Å².